The van der Waals surface area contributed by atoms with Crippen LogP contribution >= 0.6 is 0 Å². The molecule has 0 fully saturated rings. The van der Waals surface area contributed by atoms with Gasteiger partial charge < -0.3 is 15.2 Å². The van der Waals surface area contributed by atoms with Gasteiger partial charge in [-0.15, -0.1) is 0 Å². The summed E-state index contributed by atoms with van der Waals surface area (Å²) in [4.78, 5) is 0. The number of methoxy groups -OCH3 is 1. The van der Waals surface area contributed by atoms with Gasteiger partial charge in [0, 0.05) is 0 Å². The maximum Gasteiger partial charge on any atom is 0.122 e. The van der Waals surface area contributed by atoms with Gasteiger partial charge in [-0.05, 0) is 56.0 Å². The first-order valence-corrected chi connectivity index (χ1v) is 7.77. The SMILES string of the molecule is COc1ccccc1C(CN)CCCOc1ccc(C)cc1. The summed E-state index contributed by atoms with van der Waals surface area (Å²) in [7, 11) is 1.70. The molecular weight excluding hydrogens is 274 g/mol. The van der Waals surface area contributed by atoms with Gasteiger partial charge in [0.1, 0.15) is 11.5 Å². The molecule has 1 atom stereocenters. The van der Waals surface area contributed by atoms with Crippen molar-refractivity contribution in [2.75, 3.05) is 20.3 Å². The molecule has 0 saturated carbocycles. The molecule has 0 bridgehead atoms. The molecule has 2 rings (SSSR count). The number of hydrogen-bond donors (Lipinski definition) is 1. The number of nitrogens with two attached hydrogens (primary N) is 1. The van der Waals surface area contributed by atoms with Gasteiger partial charge in [0.15, 0.2) is 0 Å². The minimum absolute atomic E-state index is 0.303. The van der Waals surface area contributed by atoms with Crippen molar-refractivity contribution in [2.24, 2.45) is 5.73 Å². The maximum atomic E-state index is 5.94. The van der Waals surface area contributed by atoms with Gasteiger partial charge >= 0.3 is 0 Å². The van der Waals surface area contributed by atoms with Gasteiger partial charge in [-0.25, -0.2) is 0 Å². The Balaban J connectivity index is 1.85. The highest BCUT2D eigenvalue weighted by Gasteiger charge is 2.14. The van der Waals surface area contributed by atoms with Gasteiger partial charge in [-0.1, -0.05) is 35.9 Å². The average Bonchev–Trinajstić information content (AvgIpc) is 2.57. The van der Waals surface area contributed by atoms with Crippen LogP contribution in [0.5, 0.6) is 11.5 Å². The van der Waals surface area contributed by atoms with Gasteiger partial charge in [-0.3, -0.25) is 0 Å². The fourth-order valence-corrected chi connectivity index (χ4v) is 2.56. The monoisotopic (exact) mass is 299 g/mol. The molecule has 0 amide bonds. The Labute approximate surface area is 133 Å². The molecule has 0 aliphatic rings. The van der Waals surface area contributed by atoms with Crippen LogP contribution in [0.1, 0.15) is 29.9 Å². The first-order chi connectivity index (χ1) is 10.7. The summed E-state index contributed by atoms with van der Waals surface area (Å²) in [6, 6.07) is 16.2. The van der Waals surface area contributed by atoms with Crippen LogP contribution in [0.4, 0.5) is 0 Å². The Morgan fingerprint density at radius 2 is 1.77 bits per heavy atom. The summed E-state index contributed by atoms with van der Waals surface area (Å²) in [5.41, 5.74) is 8.37. The third-order valence-corrected chi connectivity index (χ3v) is 3.85. The molecule has 3 heteroatoms. The number of aryl methyl sites for hydroxylation is 1. The third kappa shape index (κ3) is 4.50. The fourth-order valence-electron chi connectivity index (χ4n) is 2.56. The molecule has 0 aliphatic heterocycles. The summed E-state index contributed by atoms with van der Waals surface area (Å²) in [6.45, 7) is 3.39. The zero-order valence-corrected chi connectivity index (χ0v) is 13.4. The second kappa shape index (κ2) is 8.44. The van der Waals surface area contributed by atoms with Crippen molar-refractivity contribution in [1.29, 1.82) is 0 Å². The summed E-state index contributed by atoms with van der Waals surface area (Å²) in [5, 5.41) is 0. The molecule has 0 aromatic heterocycles. The van der Waals surface area contributed by atoms with Crippen molar-refractivity contribution in [2.45, 2.75) is 25.7 Å². The van der Waals surface area contributed by atoms with Gasteiger partial charge in [0.2, 0.25) is 0 Å². The molecular formula is C19H25NO2. The number of benzene rings is 2. The van der Waals surface area contributed by atoms with E-state index in [2.05, 4.69) is 25.1 Å². The maximum absolute atomic E-state index is 5.94. The van der Waals surface area contributed by atoms with Gasteiger partial charge in [-0.2, -0.15) is 0 Å². The Morgan fingerprint density at radius 1 is 1.05 bits per heavy atom. The Bertz CT molecular complexity index is 566. The molecule has 1 unspecified atom stereocenters. The highest BCUT2D eigenvalue weighted by atomic mass is 16.5. The zero-order chi connectivity index (χ0) is 15.8. The number of ether oxygens (including phenoxy) is 2. The largest absolute Gasteiger partial charge is 0.496 e. The first-order valence-electron chi connectivity index (χ1n) is 7.77. The summed E-state index contributed by atoms with van der Waals surface area (Å²) >= 11 is 0. The molecule has 2 aromatic rings. The molecule has 3 nitrogen and oxygen atoms in total. The highest BCUT2D eigenvalue weighted by Crippen LogP contribution is 2.29. The molecule has 0 aliphatic carbocycles. The van der Waals surface area contributed by atoms with Crippen LogP contribution in [0.3, 0.4) is 0 Å². The molecule has 0 radical (unpaired) electrons. The molecule has 118 valence electrons. The lowest BCUT2D eigenvalue weighted by Crippen LogP contribution is -2.14. The van der Waals surface area contributed by atoms with Crippen molar-refractivity contribution in [3.05, 3.63) is 59.7 Å². The van der Waals surface area contributed by atoms with Crippen LogP contribution in [-0.2, 0) is 0 Å². The minimum atomic E-state index is 0.303. The summed E-state index contributed by atoms with van der Waals surface area (Å²) in [6.07, 6.45) is 1.95. The second-order valence-corrected chi connectivity index (χ2v) is 5.48. The van der Waals surface area contributed by atoms with Crippen LogP contribution in [-0.4, -0.2) is 20.3 Å². The van der Waals surface area contributed by atoms with E-state index in [1.54, 1.807) is 7.11 Å². The van der Waals surface area contributed by atoms with E-state index >= 15 is 0 Å². The first kappa shape index (κ1) is 16.4. The van der Waals surface area contributed by atoms with Crippen LogP contribution in [0.15, 0.2) is 48.5 Å². The Kier molecular flexibility index (Phi) is 6.28. The molecule has 0 heterocycles. The lowest BCUT2D eigenvalue weighted by Gasteiger charge is -2.18. The number of para-hydroxylation sites is 1. The van der Waals surface area contributed by atoms with Crippen molar-refractivity contribution in [3.63, 3.8) is 0 Å². The molecule has 0 saturated heterocycles. The fraction of sp³-hybridized carbons (Fsp3) is 0.368. The van der Waals surface area contributed by atoms with E-state index in [0.29, 0.717) is 19.1 Å². The van der Waals surface area contributed by atoms with Crippen molar-refractivity contribution in [1.82, 2.24) is 0 Å². The van der Waals surface area contributed by atoms with Crippen LogP contribution < -0.4 is 15.2 Å². The minimum Gasteiger partial charge on any atom is -0.496 e. The topological polar surface area (TPSA) is 44.5 Å². The standard InChI is InChI=1S/C19H25NO2/c1-15-9-11-17(12-10-15)22-13-5-6-16(14-20)18-7-3-4-8-19(18)21-2/h3-4,7-12,16H,5-6,13-14,20H2,1-2H3. The lowest BCUT2D eigenvalue weighted by atomic mass is 9.93. The Hall–Kier alpha value is -2.00. The van der Waals surface area contributed by atoms with Crippen molar-refractivity contribution in [3.8, 4) is 11.5 Å². The zero-order valence-electron chi connectivity index (χ0n) is 13.4. The van der Waals surface area contributed by atoms with Gasteiger partial charge in [0.25, 0.3) is 0 Å². The molecule has 0 spiro atoms. The van der Waals surface area contributed by atoms with Gasteiger partial charge in [0.05, 0.1) is 13.7 Å². The lowest BCUT2D eigenvalue weighted by molar-refractivity contribution is 0.301. The predicted molar refractivity (Wildman–Crippen MR) is 90.7 cm³/mol. The average molecular weight is 299 g/mol. The highest BCUT2D eigenvalue weighted by molar-refractivity contribution is 5.36. The third-order valence-electron chi connectivity index (χ3n) is 3.85. The van der Waals surface area contributed by atoms with E-state index in [9.17, 15) is 0 Å². The van der Waals surface area contributed by atoms with E-state index in [1.165, 1.54) is 11.1 Å². The molecule has 2 N–H and O–H groups in total. The summed E-state index contributed by atoms with van der Waals surface area (Å²) < 4.78 is 11.2. The quantitative estimate of drug-likeness (QED) is 0.752. The second-order valence-electron chi connectivity index (χ2n) is 5.48. The van der Waals surface area contributed by atoms with E-state index in [4.69, 9.17) is 15.2 Å². The molecule has 22 heavy (non-hydrogen) atoms. The van der Waals surface area contributed by atoms with Crippen molar-refractivity contribution < 1.29 is 9.47 Å². The van der Waals surface area contributed by atoms with E-state index in [0.717, 1.165) is 24.3 Å². The molecule has 2 aromatic carbocycles. The Morgan fingerprint density at radius 3 is 2.45 bits per heavy atom. The summed E-state index contributed by atoms with van der Waals surface area (Å²) in [5.74, 6) is 2.14. The van der Waals surface area contributed by atoms with E-state index in [-0.39, 0.29) is 0 Å². The van der Waals surface area contributed by atoms with Crippen molar-refractivity contribution >= 4 is 0 Å². The number of hydrogen-bond acceptors (Lipinski definition) is 3. The van der Waals surface area contributed by atoms with E-state index < -0.39 is 0 Å². The smallest absolute Gasteiger partial charge is 0.122 e. The van der Waals surface area contributed by atoms with Crippen LogP contribution in [0.25, 0.3) is 0 Å². The van der Waals surface area contributed by atoms with Crippen LogP contribution in [0, 0.1) is 6.92 Å². The number of rotatable bonds is 8. The van der Waals surface area contributed by atoms with E-state index in [1.807, 2.05) is 30.3 Å². The predicted octanol–water partition coefficient (Wildman–Crippen LogP) is 3.91. The normalized spacial score (nSPS) is 12.0. The van der Waals surface area contributed by atoms with Crippen LogP contribution in [0.2, 0.25) is 0 Å².